The molecule has 0 saturated heterocycles. The molecular formula is C13H18F2O. The molecule has 90 valence electrons. The van der Waals surface area contributed by atoms with Gasteiger partial charge in [0.25, 0.3) is 0 Å². The second-order valence-corrected chi connectivity index (χ2v) is 4.48. The van der Waals surface area contributed by atoms with E-state index in [1.807, 2.05) is 19.9 Å². The Morgan fingerprint density at radius 2 is 1.50 bits per heavy atom. The van der Waals surface area contributed by atoms with Crippen LogP contribution in [0.5, 0.6) is 5.75 Å². The van der Waals surface area contributed by atoms with Crippen LogP contribution in [0.2, 0.25) is 0 Å². The minimum Gasteiger partial charge on any atom is -0.435 e. The molecule has 0 N–H and O–H groups in total. The quantitative estimate of drug-likeness (QED) is 0.735. The van der Waals surface area contributed by atoms with Gasteiger partial charge in [-0.15, -0.1) is 0 Å². The van der Waals surface area contributed by atoms with Crippen molar-refractivity contribution in [3.8, 4) is 5.75 Å². The molecular weight excluding hydrogens is 210 g/mol. The van der Waals surface area contributed by atoms with Crippen molar-refractivity contribution >= 4 is 0 Å². The van der Waals surface area contributed by atoms with E-state index in [0.29, 0.717) is 11.8 Å². The Hall–Kier alpha value is -1.12. The molecule has 0 aromatic heterocycles. The van der Waals surface area contributed by atoms with E-state index in [1.54, 1.807) is 12.1 Å². The lowest BCUT2D eigenvalue weighted by Gasteiger charge is -2.17. The molecule has 0 amide bonds. The Labute approximate surface area is 95.4 Å². The van der Waals surface area contributed by atoms with Crippen LogP contribution in [-0.4, -0.2) is 6.61 Å². The van der Waals surface area contributed by atoms with Gasteiger partial charge in [-0.1, -0.05) is 33.8 Å². The summed E-state index contributed by atoms with van der Waals surface area (Å²) in [5.41, 5.74) is 2.27. The highest BCUT2D eigenvalue weighted by molar-refractivity contribution is 5.39. The van der Waals surface area contributed by atoms with Crippen LogP contribution in [0.25, 0.3) is 0 Å². The highest BCUT2D eigenvalue weighted by atomic mass is 19.3. The first-order valence-corrected chi connectivity index (χ1v) is 5.50. The number of halogens is 2. The zero-order chi connectivity index (χ0) is 12.3. The van der Waals surface area contributed by atoms with E-state index in [4.69, 9.17) is 0 Å². The molecule has 16 heavy (non-hydrogen) atoms. The Morgan fingerprint density at radius 3 is 1.94 bits per heavy atom. The molecule has 0 aliphatic rings. The van der Waals surface area contributed by atoms with Crippen molar-refractivity contribution in [3.63, 3.8) is 0 Å². The fourth-order valence-electron chi connectivity index (χ4n) is 1.75. The summed E-state index contributed by atoms with van der Waals surface area (Å²) in [6, 6.07) is 5.19. The van der Waals surface area contributed by atoms with Gasteiger partial charge in [0, 0.05) is 0 Å². The van der Waals surface area contributed by atoms with E-state index in [-0.39, 0.29) is 5.75 Å². The Bertz CT molecular complexity index is 346. The highest BCUT2D eigenvalue weighted by Gasteiger charge is 2.12. The minimum absolute atomic E-state index is 0.239. The van der Waals surface area contributed by atoms with E-state index in [2.05, 4.69) is 18.6 Å². The van der Waals surface area contributed by atoms with E-state index >= 15 is 0 Å². The van der Waals surface area contributed by atoms with Gasteiger partial charge >= 0.3 is 6.61 Å². The van der Waals surface area contributed by atoms with Crippen LogP contribution < -0.4 is 4.74 Å². The zero-order valence-electron chi connectivity index (χ0n) is 10.1. The fraction of sp³-hybridized carbons (Fsp3) is 0.538. The van der Waals surface area contributed by atoms with Crippen molar-refractivity contribution in [2.45, 2.75) is 46.1 Å². The predicted octanol–water partition coefficient (Wildman–Crippen LogP) is 4.53. The van der Waals surface area contributed by atoms with Gasteiger partial charge in [-0.3, -0.25) is 0 Å². The lowest BCUT2D eigenvalue weighted by atomic mass is 9.90. The highest BCUT2D eigenvalue weighted by Crippen LogP contribution is 2.30. The van der Waals surface area contributed by atoms with Gasteiger partial charge in [-0.2, -0.15) is 8.78 Å². The second-order valence-electron chi connectivity index (χ2n) is 4.48. The van der Waals surface area contributed by atoms with Crippen LogP contribution in [0.4, 0.5) is 8.78 Å². The maximum Gasteiger partial charge on any atom is 0.387 e. The maximum absolute atomic E-state index is 12.1. The fourth-order valence-corrected chi connectivity index (χ4v) is 1.75. The third kappa shape index (κ3) is 3.19. The monoisotopic (exact) mass is 228 g/mol. The predicted molar refractivity (Wildman–Crippen MR) is 61.3 cm³/mol. The van der Waals surface area contributed by atoms with Crippen LogP contribution in [0, 0.1) is 0 Å². The van der Waals surface area contributed by atoms with Crippen LogP contribution in [0.1, 0.15) is 50.7 Å². The number of ether oxygens (including phenoxy) is 1. The van der Waals surface area contributed by atoms with Crippen molar-refractivity contribution in [2.75, 3.05) is 0 Å². The Balaban J connectivity index is 3.07. The van der Waals surface area contributed by atoms with Gasteiger partial charge in [0.05, 0.1) is 0 Å². The molecule has 1 nitrogen and oxygen atoms in total. The number of hydrogen-bond acceptors (Lipinski definition) is 1. The largest absolute Gasteiger partial charge is 0.435 e. The van der Waals surface area contributed by atoms with Gasteiger partial charge in [-0.05, 0) is 35.1 Å². The SMILES string of the molecule is CC(C)c1ccc(OC(F)F)cc1C(C)C. The molecule has 0 aliphatic heterocycles. The van der Waals surface area contributed by atoms with Crippen LogP contribution >= 0.6 is 0 Å². The number of rotatable bonds is 4. The first-order valence-electron chi connectivity index (χ1n) is 5.50. The Kier molecular flexibility index (Phi) is 4.27. The molecule has 1 aromatic carbocycles. The van der Waals surface area contributed by atoms with Gasteiger partial charge < -0.3 is 4.74 Å². The summed E-state index contributed by atoms with van der Waals surface area (Å²) in [7, 11) is 0. The van der Waals surface area contributed by atoms with Gasteiger partial charge in [-0.25, -0.2) is 0 Å². The third-order valence-corrected chi connectivity index (χ3v) is 2.53. The van der Waals surface area contributed by atoms with E-state index in [9.17, 15) is 8.78 Å². The van der Waals surface area contributed by atoms with Crippen LogP contribution in [0.15, 0.2) is 18.2 Å². The van der Waals surface area contributed by atoms with Gasteiger partial charge in [0.15, 0.2) is 0 Å². The standard InChI is InChI=1S/C13H18F2O/c1-8(2)11-6-5-10(16-13(14)15)7-12(11)9(3)4/h5-9,13H,1-4H3. The molecule has 1 rings (SSSR count). The van der Waals surface area contributed by atoms with Crippen molar-refractivity contribution in [3.05, 3.63) is 29.3 Å². The molecule has 0 spiro atoms. The molecule has 0 fully saturated rings. The first kappa shape index (κ1) is 12.9. The lowest BCUT2D eigenvalue weighted by molar-refractivity contribution is -0.0499. The summed E-state index contributed by atoms with van der Waals surface area (Å²) < 4.78 is 28.6. The average molecular weight is 228 g/mol. The summed E-state index contributed by atoms with van der Waals surface area (Å²) in [5.74, 6) is 0.930. The summed E-state index contributed by atoms with van der Waals surface area (Å²) in [6.07, 6.45) is 0. The zero-order valence-corrected chi connectivity index (χ0v) is 10.1. The molecule has 3 heteroatoms. The molecule has 0 saturated carbocycles. The van der Waals surface area contributed by atoms with Crippen molar-refractivity contribution < 1.29 is 13.5 Å². The normalized spacial score (nSPS) is 11.6. The lowest BCUT2D eigenvalue weighted by Crippen LogP contribution is -2.04. The van der Waals surface area contributed by atoms with Gasteiger partial charge in [0.2, 0.25) is 0 Å². The maximum atomic E-state index is 12.1. The van der Waals surface area contributed by atoms with Crippen LogP contribution in [0.3, 0.4) is 0 Å². The number of hydrogen-bond donors (Lipinski definition) is 0. The van der Waals surface area contributed by atoms with Gasteiger partial charge in [0.1, 0.15) is 5.75 Å². The molecule has 0 radical (unpaired) electrons. The molecule has 0 aliphatic carbocycles. The summed E-state index contributed by atoms with van der Waals surface area (Å²) >= 11 is 0. The third-order valence-electron chi connectivity index (χ3n) is 2.53. The summed E-state index contributed by atoms with van der Waals surface area (Å²) in [4.78, 5) is 0. The summed E-state index contributed by atoms with van der Waals surface area (Å²) in [5, 5.41) is 0. The van der Waals surface area contributed by atoms with Crippen molar-refractivity contribution in [2.24, 2.45) is 0 Å². The number of benzene rings is 1. The van der Waals surface area contributed by atoms with E-state index in [1.165, 1.54) is 5.56 Å². The average Bonchev–Trinajstić information content (AvgIpc) is 2.16. The first-order chi connectivity index (χ1) is 7.41. The van der Waals surface area contributed by atoms with E-state index in [0.717, 1.165) is 5.56 Å². The molecule has 0 atom stereocenters. The Morgan fingerprint density at radius 1 is 0.938 bits per heavy atom. The molecule has 0 unspecified atom stereocenters. The minimum atomic E-state index is -2.76. The van der Waals surface area contributed by atoms with Crippen molar-refractivity contribution in [1.29, 1.82) is 0 Å². The van der Waals surface area contributed by atoms with Crippen LogP contribution in [-0.2, 0) is 0 Å². The summed E-state index contributed by atoms with van der Waals surface area (Å²) in [6.45, 7) is 5.52. The number of alkyl halides is 2. The molecule has 0 heterocycles. The van der Waals surface area contributed by atoms with Crippen molar-refractivity contribution in [1.82, 2.24) is 0 Å². The van der Waals surface area contributed by atoms with E-state index < -0.39 is 6.61 Å². The topological polar surface area (TPSA) is 9.23 Å². The smallest absolute Gasteiger partial charge is 0.387 e. The molecule has 1 aromatic rings. The second kappa shape index (κ2) is 5.28. The molecule has 0 bridgehead atoms.